The van der Waals surface area contributed by atoms with Crippen LogP contribution in [-0.4, -0.2) is 11.5 Å². The smallest absolute Gasteiger partial charge is 0.255 e. The second-order valence-corrected chi connectivity index (χ2v) is 5.10. The Morgan fingerprint density at radius 3 is 2.29 bits per heavy atom. The van der Waals surface area contributed by atoms with Crippen LogP contribution < -0.4 is 10.1 Å². The van der Waals surface area contributed by atoms with E-state index in [1.807, 2.05) is 32.0 Å². The molecule has 0 saturated heterocycles. The SMILES string of the molecule is C#CC(C)(C)Oc1ccc(NC(=O)c2ccccc2)cc1. The number of carbonyl (C=O) groups is 1. The highest BCUT2D eigenvalue weighted by Crippen LogP contribution is 2.20. The Balaban J connectivity index is 2.03. The fourth-order valence-electron chi connectivity index (χ4n) is 1.72. The average Bonchev–Trinajstić information content (AvgIpc) is 2.50. The maximum absolute atomic E-state index is 12.0. The van der Waals surface area contributed by atoms with Gasteiger partial charge in [-0.3, -0.25) is 4.79 Å². The van der Waals surface area contributed by atoms with Crippen LogP contribution in [0.3, 0.4) is 0 Å². The van der Waals surface area contributed by atoms with Crippen LogP contribution >= 0.6 is 0 Å². The number of amides is 1. The molecule has 0 unspecified atom stereocenters. The van der Waals surface area contributed by atoms with Crippen LogP contribution in [0.5, 0.6) is 5.75 Å². The summed E-state index contributed by atoms with van der Waals surface area (Å²) in [6, 6.07) is 16.2. The van der Waals surface area contributed by atoms with Crippen LogP contribution in [-0.2, 0) is 0 Å². The zero-order chi connectivity index (χ0) is 15.3. The van der Waals surface area contributed by atoms with E-state index in [0.717, 1.165) is 0 Å². The lowest BCUT2D eigenvalue weighted by atomic mass is 10.1. The predicted molar refractivity (Wildman–Crippen MR) is 84.4 cm³/mol. The minimum Gasteiger partial charge on any atom is -0.475 e. The van der Waals surface area contributed by atoms with E-state index in [4.69, 9.17) is 11.2 Å². The first-order chi connectivity index (χ1) is 10.00. The van der Waals surface area contributed by atoms with Gasteiger partial charge in [-0.1, -0.05) is 24.1 Å². The van der Waals surface area contributed by atoms with E-state index in [0.29, 0.717) is 17.0 Å². The fourth-order valence-corrected chi connectivity index (χ4v) is 1.72. The number of ether oxygens (including phenoxy) is 1. The minimum absolute atomic E-state index is 0.145. The van der Waals surface area contributed by atoms with Gasteiger partial charge in [0.15, 0.2) is 5.60 Å². The Labute approximate surface area is 125 Å². The molecule has 3 heteroatoms. The second kappa shape index (κ2) is 6.15. The van der Waals surface area contributed by atoms with Crippen LogP contribution in [0.25, 0.3) is 0 Å². The standard InChI is InChI=1S/C18H17NO2/c1-4-18(2,3)21-16-12-10-15(11-13-16)19-17(20)14-8-6-5-7-9-14/h1,5-13H,2-3H3,(H,19,20). The molecule has 0 bridgehead atoms. The third-order valence-corrected chi connectivity index (χ3v) is 2.87. The minimum atomic E-state index is -0.658. The van der Waals surface area contributed by atoms with Gasteiger partial charge >= 0.3 is 0 Å². The number of carbonyl (C=O) groups excluding carboxylic acids is 1. The number of terminal acetylenes is 1. The molecule has 0 heterocycles. The van der Waals surface area contributed by atoms with Gasteiger partial charge in [-0.2, -0.15) is 0 Å². The zero-order valence-electron chi connectivity index (χ0n) is 12.1. The van der Waals surface area contributed by atoms with Crippen molar-refractivity contribution < 1.29 is 9.53 Å². The van der Waals surface area contributed by atoms with E-state index in [2.05, 4.69) is 11.2 Å². The summed E-state index contributed by atoms with van der Waals surface area (Å²) in [5.74, 6) is 3.08. The molecule has 21 heavy (non-hydrogen) atoms. The summed E-state index contributed by atoms with van der Waals surface area (Å²) in [6.07, 6.45) is 5.38. The van der Waals surface area contributed by atoms with Crippen LogP contribution in [0.2, 0.25) is 0 Å². The van der Waals surface area contributed by atoms with Crippen molar-refractivity contribution in [3.63, 3.8) is 0 Å². The van der Waals surface area contributed by atoms with Crippen molar-refractivity contribution in [3.8, 4) is 18.1 Å². The molecule has 2 rings (SSSR count). The van der Waals surface area contributed by atoms with Gasteiger partial charge in [0, 0.05) is 11.3 Å². The normalized spacial score (nSPS) is 10.5. The Morgan fingerprint density at radius 1 is 1.10 bits per heavy atom. The number of anilines is 1. The molecule has 0 fully saturated rings. The summed E-state index contributed by atoms with van der Waals surface area (Å²) in [6.45, 7) is 3.64. The molecule has 2 aromatic rings. The Hall–Kier alpha value is -2.73. The molecule has 1 N–H and O–H groups in total. The summed E-state index contributed by atoms with van der Waals surface area (Å²) in [4.78, 5) is 12.0. The quantitative estimate of drug-likeness (QED) is 0.866. The molecule has 0 aliphatic carbocycles. The molecular weight excluding hydrogens is 262 g/mol. The van der Waals surface area contributed by atoms with Crippen LogP contribution in [0, 0.1) is 12.3 Å². The fraction of sp³-hybridized carbons (Fsp3) is 0.167. The highest BCUT2D eigenvalue weighted by Gasteiger charge is 2.15. The van der Waals surface area contributed by atoms with Crippen molar-refractivity contribution in [1.82, 2.24) is 0 Å². The molecular formula is C18H17NO2. The number of rotatable bonds is 4. The van der Waals surface area contributed by atoms with E-state index in [-0.39, 0.29) is 5.91 Å². The first-order valence-electron chi connectivity index (χ1n) is 6.63. The van der Waals surface area contributed by atoms with E-state index in [1.165, 1.54) is 0 Å². The predicted octanol–water partition coefficient (Wildman–Crippen LogP) is 3.73. The van der Waals surface area contributed by atoms with Crippen molar-refractivity contribution in [3.05, 3.63) is 60.2 Å². The molecule has 1 amide bonds. The van der Waals surface area contributed by atoms with Crippen LogP contribution in [0.4, 0.5) is 5.69 Å². The van der Waals surface area contributed by atoms with E-state index in [1.54, 1.807) is 36.4 Å². The summed E-state index contributed by atoms with van der Waals surface area (Å²) in [7, 11) is 0. The van der Waals surface area contributed by atoms with Crippen molar-refractivity contribution >= 4 is 11.6 Å². The summed E-state index contributed by atoms with van der Waals surface area (Å²) >= 11 is 0. The van der Waals surface area contributed by atoms with Gasteiger partial charge in [-0.05, 0) is 50.2 Å². The Bertz CT molecular complexity index is 652. The van der Waals surface area contributed by atoms with Crippen LogP contribution in [0.1, 0.15) is 24.2 Å². The molecule has 0 saturated carbocycles. The maximum atomic E-state index is 12.0. The lowest BCUT2D eigenvalue weighted by Gasteiger charge is -2.20. The van der Waals surface area contributed by atoms with Gasteiger partial charge < -0.3 is 10.1 Å². The number of hydrogen-bond donors (Lipinski definition) is 1. The van der Waals surface area contributed by atoms with Gasteiger partial charge in [-0.25, -0.2) is 0 Å². The third-order valence-electron chi connectivity index (χ3n) is 2.87. The lowest BCUT2D eigenvalue weighted by Crippen LogP contribution is -2.25. The van der Waals surface area contributed by atoms with Gasteiger partial charge in [0.1, 0.15) is 5.75 Å². The third kappa shape index (κ3) is 4.12. The maximum Gasteiger partial charge on any atom is 0.255 e. The highest BCUT2D eigenvalue weighted by molar-refractivity contribution is 6.04. The topological polar surface area (TPSA) is 38.3 Å². The monoisotopic (exact) mass is 279 g/mol. The summed E-state index contributed by atoms with van der Waals surface area (Å²) in [5.41, 5.74) is 0.662. The van der Waals surface area contributed by atoms with Crippen molar-refractivity contribution in [1.29, 1.82) is 0 Å². The summed E-state index contributed by atoms with van der Waals surface area (Å²) in [5, 5.41) is 2.83. The van der Waals surface area contributed by atoms with Crippen molar-refractivity contribution in [2.75, 3.05) is 5.32 Å². The second-order valence-electron chi connectivity index (χ2n) is 5.10. The van der Waals surface area contributed by atoms with E-state index < -0.39 is 5.60 Å². The largest absolute Gasteiger partial charge is 0.475 e. The van der Waals surface area contributed by atoms with Crippen molar-refractivity contribution in [2.24, 2.45) is 0 Å². The van der Waals surface area contributed by atoms with E-state index >= 15 is 0 Å². The van der Waals surface area contributed by atoms with E-state index in [9.17, 15) is 4.79 Å². The van der Waals surface area contributed by atoms with Gasteiger partial charge in [0.05, 0.1) is 0 Å². The van der Waals surface area contributed by atoms with Gasteiger partial charge in [0.2, 0.25) is 0 Å². The molecule has 0 atom stereocenters. The molecule has 0 radical (unpaired) electrons. The first kappa shape index (κ1) is 14.7. The van der Waals surface area contributed by atoms with Crippen LogP contribution in [0.15, 0.2) is 54.6 Å². The Morgan fingerprint density at radius 2 is 1.71 bits per heavy atom. The molecule has 0 aliphatic heterocycles. The molecule has 0 spiro atoms. The van der Waals surface area contributed by atoms with Gasteiger partial charge in [-0.15, -0.1) is 6.42 Å². The molecule has 3 nitrogen and oxygen atoms in total. The zero-order valence-corrected chi connectivity index (χ0v) is 12.1. The number of nitrogens with one attached hydrogen (secondary N) is 1. The molecule has 0 aromatic heterocycles. The average molecular weight is 279 g/mol. The first-order valence-corrected chi connectivity index (χ1v) is 6.63. The number of hydrogen-bond acceptors (Lipinski definition) is 2. The molecule has 0 aliphatic rings. The van der Waals surface area contributed by atoms with Crippen molar-refractivity contribution in [2.45, 2.75) is 19.4 Å². The highest BCUT2D eigenvalue weighted by atomic mass is 16.5. The molecule has 2 aromatic carbocycles. The number of benzene rings is 2. The summed E-state index contributed by atoms with van der Waals surface area (Å²) < 4.78 is 5.65. The van der Waals surface area contributed by atoms with Gasteiger partial charge in [0.25, 0.3) is 5.91 Å². The Kier molecular flexibility index (Phi) is 4.30. The lowest BCUT2D eigenvalue weighted by molar-refractivity contribution is 0.102. The molecule has 106 valence electrons.